The average Bonchev–Trinajstić information content (AvgIpc) is 2.55. The minimum absolute atomic E-state index is 0.166. The van der Waals surface area contributed by atoms with Crippen molar-refractivity contribution in [2.45, 2.75) is 91.8 Å². The van der Waals surface area contributed by atoms with Crippen molar-refractivity contribution in [3.63, 3.8) is 0 Å². The van der Waals surface area contributed by atoms with Crippen LogP contribution in [-0.2, 0) is 19.2 Å². The normalized spacial score (nSPS) is 14.4. The molecule has 0 heterocycles. The Morgan fingerprint density at radius 3 is 1.74 bits per heavy atom. The third-order valence-electron chi connectivity index (χ3n) is 4.05. The molecule has 0 rings (SSSR count). The van der Waals surface area contributed by atoms with Crippen molar-refractivity contribution in [2.75, 3.05) is 0 Å². The van der Waals surface area contributed by atoms with Crippen LogP contribution in [0.4, 0.5) is 0 Å². The minimum Gasteiger partial charge on any atom is -0.345 e. The predicted molar refractivity (Wildman–Crippen MR) is 106 cm³/mol. The van der Waals surface area contributed by atoms with Gasteiger partial charge >= 0.3 is 0 Å². The molecule has 0 aliphatic heterocycles. The van der Waals surface area contributed by atoms with E-state index >= 15 is 0 Å². The number of rotatable bonds is 13. The van der Waals surface area contributed by atoms with Gasteiger partial charge in [0.05, 0.1) is 6.04 Å². The number of carbonyl (C=O) groups is 3. The van der Waals surface area contributed by atoms with E-state index in [9.17, 15) is 19.2 Å². The molecule has 0 aliphatic rings. The first-order chi connectivity index (χ1) is 12.6. The molecular weight excluding hydrogens is 346 g/mol. The zero-order chi connectivity index (χ0) is 21.0. The predicted octanol–water partition coefficient (Wildman–Crippen LogP) is 1.85. The first-order valence-corrected chi connectivity index (χ1v) is 9.86. The molecule has 0 saturated carbocycles. The molecule has 0 aromatic rings. The average molecular weight is 383 g/mol. The van der Waals surface area contributed by atoms with E-state index in [1.54, 1.807) is 0 Å². The van der Waals surface area contributed by atoms with Gasteiger partial charge < -0.3 is 16.0 Å². The van der Waals surface area contributed by atoms with Gasteiger partial charge in [0.15, 0.2) is 0 Å². The lowest BCUT2D eigenvalue weighted by molar-refractivity contribution is -0.132. The lowest BCUT2D eigenvalue weighted by atomic mass is 9.99. The van der Waals surface area contributed by atoms with Crippen molar-refractivity contribution in [3.05, 3.63) is 0 Å². The van der Waals surface area contributed by atoms with Gasteiger partial charge in [-0.25, -0.2) is 0 Å². The van der Waals surface area contributed by atoms with Crippen LogP contribution in [0.1, 0.15) is 73.6 Å². The first kappa shape index (κ1) is 25.1. The Morgan fingerprint density at radius 2 is 1.33 bits per heavy atom. The van der Waals surface area contributed by atoms with Crippen LogP contribution in [-0.4, -0.2) is 42.1 Å². The zero-order valence-corrected chi connectivity index (χ0v) is 17.6. The summed E-state index contributed by atoms with van der Waals surface area (Å²) < 4.78 is 0. The fourth-order valence-corrected chi connectivity index (χ4v) is 2.76. The molecule has 27 heavy (non-hydrogen) atoms. The number of unbranched alkanes of at least 4 members (excludes halogenated alkanes) is 1. The summed E-state index contributed by atoms with van der Waals surface area (Å²) in [7, 11) is 0. The highest BCUT2D eigenvalue weighted by molar-refractivity contribution is 5.92. The van der Waals surface area contributed by atoms with E-state index in [4.69, 9.17) is 0 Å². The first-order valence-electron chi connectivity index (χ1n) is 9.86. The Bertz CT molecular complexity index is 492. The van der Waals surface area contributed by atoms with Crippen molar-refractivity contribution in [1.29, 1.82) is 0 Å². The quantitative estimate of drug-likeness (QED) is 0.452. The van der Waals surface area contributed by atoms with E-state index in [-0.39, 0.29) is 23.7 Å². The van der Waals surface area contributed by atoms with Crippen LogP contribution in [0.15, 0.2) is 0 Å². The van der Waals surface area contributed by atoms with Crippen LogP contribution >= 0.6 is 0 Å². The van der Waals surface area contributed by atoms with Crippen LogP contribution in [0, 0.1) is 11.8 Å². The maximum absolute atomic E-state index is 12.7. The van der Waals surface area contributed by atoms with E-state index in [2.05, 4.69) is 16.0 Å². The molecular formula is C20H36N3O4. The van der Waals surface area contributed by atoms with Crippen LogP contribution in [0.5, 0.6) is 0 Å². The van der Waals surface area contributed by atoms with Gasteiger partial charge in [-0.1, -0.05) is 47.5 Å². The van der Waals surface area contributed by atoms with Gasteiger partial charge in [-0.15, -0.1) is 0 Å². The molecule has 3 amide bonds. The fraction of sp³-hybridized carbons (Fsp3) is 0.800. The van der Waals surface area contributed by atoms with E-state index in [0.717, 1.165) is 12.8 Å². The van der Waals surface area contributed by atoms with Crippen molar-refractivity contribution in [2.24, 2.45) is 11.8 Å². The van der Waals surface area contributed by atoms with E-state index in [1.165, 1.54) is 6.92 Å². The van der Waals surface area contributed by atoms with Gasteiger partial charge in [0.2, 0.25) is 24.0 Å². The molecule has 3 atom stereocenters. The highest BCUT2D eigenvalue weighted by Gasteiger charge is 2.28. The van der Waals surface area contributed by atoms with E-state index in [0.29, 0.717) is 19.3 Å². The summed E-state index contributed by atoms with van der Waals surface area (Å²) in [6.07, 6.45) is 5.00. The summed E-state index contributed by atoms with van der Waals surface area (Å²) in [6, 6.07) is -2.14. The van der Waals surface area contributed by atoms with Crippen LogP contribution in [0.2, 0.25) is 0 Å². The Balaban J connectivity index is 5.14. The molecule has 0 fully saturated rings. The van der Waals surface area contributed by atoms with Gasteiger partial charge in [-0.3, -0.25) is 19.2 Å². The second kappa shape index (κ2) is 13.3. The summed E-state index contributed by atoms with van der Waals surface area (Å²) >= 11 is 0. The molecule has 0 aromatic heterocycles. The second-order valence-corrected chi connectivity index (χ2v) is 7.89. The summed E-state index contributed by atoms with van der Waals surface area (Å²) in [4.78, 5) is 47.8. The van der Waals surface area contributed by atoms with Crippen molar-refractivity contribution in [1.82, 2.24) is 16.0 Å². The Morgan fingerprint density at radius 1 is 0.852 bits per heavy atom. The number of hydrogen-bond donors (Lipinski definition) is 3. The largest absolute Gasteiger partial charge is 0.345 e. The van der Waals surface area contributed by atoms with E-state index in [1.807, 2.05) is 40.9 Å². The summed E-state index contributed by atoms with van der Waals surface area (Å²) in [6.45, 7) is 11.2. The molecule has 0 bridgehead atoms. The van der Waals surface area contributed by atoms with Gasteiger partial charge in [-0.2, -0.15) is 0 Å². The smallest absolute Gasteiger partial charge is 0.243 e. The number of carbonyl (C=O) groups excluding carboxylic acids is 4. The minimum atomic E-state index is -0.765. The molecule has 7 nitrogen and oxygen atoms in total. The maximum Gasteiger partial charge on any atom is 0.243 e. The zero-order valence-electron chi connectivity index (χ0n) is 17.6. The summed E-state index contributed by atoms with van der Waals surface area (Å²) in [5, 5.41) is 8.06. The molecule has 7 heteroatoms. The summed E-state index contributed by atoms with van der Waals surface area (Å²) in [5.74, 6) is -0.712. The molecule has 0 aliphatic carbocycles. The highest BCUT2D eigenvalue weighted by atomic mass is 16.2. The fourth-order valence-electron chi connectivity index (χ4n) is 2.76. The number of hydrogen-bond acceptors (Lipinski definition) is 4. The molecule has 0 saturated heterocycles. The number of nitrogens with one attached hydrogen (secondary N) is 3. The van der Waals surface area contributed by atoms with Gasteiger partial charge in [0.1, 0.15) is 12.1 Å². The van der Waals surface area contributed by atoms with Crippen molar-refractivity contribution < 1.29 is 19.2 Å². The van der Waals surface area contributed by atoms with Crippen LogP contribution in [0.25, 0.3) is 0 Å². The Labute approximate surface area is 163 Å². The monoisotopic (exact) mass is 382 g/mol. The lowest BCUT2D eigenvalue weighted by Gasteiger charge is -2.25. The topological polar surface area (TPSA) is 104 Å². The van der Waals surface area contributed by atoms with Gasteiger partial charge in [-0.05, 0) is 31.1 Å². The van der Waals surface area contributed by atoms with Gasteiger partial charge in [0.25, 0.3) is 0 Å². The van der Waals surface area contributed by atoms with Gasteiger partial charge in [0, 0.05) is 6.92 Å². The molecule has 0 spiro atoms. The maximum atomic E-state index is 12.7. The Hall–Kier alpha value is -1.92. The standard InChI is InChI=1S/C20H36N3O4/c1-7-8-9-16(12-24)22-19(26)18(11-14(4)5)23-20(27)17(10-13(2)3)21-15(6)25/h13-14,16-18H,7-11H2,1-6H3,(H,21,25)(H,22,26)(H,23,27)/t16-,17-,18-/m0/s1. The molecule has 3 N–H and O–H groups in total. The van der Waals surface area contributed by atoms with Crippen molar-refractivity contribution in [3.8, 4) is 0 Å². The van der Waals surface area contributed by atoms with Crippen LogP contribution in [0.3, 0.4) is 0 Å². The summed E-state index contributed by atoms with van der Waals surface area (Å²) in [5.41, 5.74) is 0. The molecule has 1 radical (unpaired) electrons. The van der Waals surface area contributed by atoms with Crippen molar-refractivity contribution >= 4 is 24.0 Å². The SMILES string of the molecule is CCCC[C@@H]([C]=O)NC(=O)[C@H](CC(C)C)NC(=O)[C@H](CC(C)C)NC(C)=O. The molecule has 0 aromatic carbocycles. The molecule has 0 unspecified atom stereocenters. The van der Waals surface area contributed by atoms with E-state index < -0.39 is 24.0 Å². The van der Waals surface area contributed by atoms with Crippen LogP contribution < -0.4 is 16.0 Å². The molecule has 155 valence electrons. The number of amides is 3. The lowest BCUT2D eigenvalue weighted by Crippen LogP contribution is -2.55. The third-order valence-corrected chi connectivity index (χ3v) is 4.05. The second-order valence-electron chi connectivity index (χ2n) is 7.89. The third kappa shape index (κ3) is 11.4. The highest BCUT2D eigenvalue weighted by Crippen LogP contribution is 2.09. The Kier molecular flexibility index (Phi) is 12.3.